The van der Waals surface area contributed by atoms with E-state index in [1.807, 2.05) is 28.9 Å². The van der Waals surface area contributed by atoms with Crippen LogP contribution in [-0.4, -0.2) is 60.8 Å². The lowest BCUT2D eigenvalue weighted by Crippen LogP contribution is -2.33. The fraction of sp³-hybridized carbons (Fsp3) is 0.387. The van der Waals surface area contributed by atoms with Crippen LogP contribution in [0.5, 0.6) is 0 Å². The molecule has 0 amide bonds. The van der Waals surface area contributed by atoms with Crippen LogP contribution in [-0.2, 0) is 10.2 Å². The quantitative estimate of drug-likeness (QED) is 0.293. The summed E-state index contributed by atoms with van der Waals surface area (Å²) in [6, 6.07) is 10.7. The average molecular weight is 600 g/mol. The number of benzene rings is 1. The summed E-state index contributed by atoms with van der Waals surface area (Å²) in [6.07, 6.45) is 10.5. The summed E-state index contributed by atoms with van der Waals surface area (Å²) in [5.41, 5.74) is 9.33. The monoisotopic (exact) mass is 599 g/mol. The zero-order chi connectivity index (χ0) is 29.1. The van der Waals surface area contributed by atoms with Crippen LogP contribution in [0.25, 0.3) is 28.2 Å². The number of piperidine rings is 1. The molecule has 8 rings (SSSR count). The van der Waals surface area contributed by atoms with E-state index in [-0.39, 0.29) is 23.4 Å². The largest absolute Gasteiger partial charge is 0.356 e. The minimum Gasteiger partial charge on any atom is -0.356 e. The van der Waals surface area contributed by atoms with Crippen molar-refractivity contribution in [2.24, 2.45) is 17.6 Å². The van der Waals surface area contributed by atoms with Gasteiger partial charge in [0.05, 0.1) is 11.2 Å². The van der Waals surface area contributed by atoms with Crippen LogP contribution >= 0.6 is 11.6 Å². The van der Waals surface area contributed by atoms with E-state index in [0.29, 0.717) is 52.3 Å². The minimum atomic E-state index is -0.340. The maximum absolute atomic E-state index is 14.9. The molecule has 4 aromatic heterocycles. The molecule has 220 valence electrons. The Morgan fingerprint density at radius 2 is 1.98 bits per heavy atom. The molecule has 2 aliphatic heterocycles. The van der Waals surface area contributed by atoms with Crippen LogP contribution in [0, 0.1) is 17.7 Å². The molecular formula is C31H31ClFN9O. The van der Waals surface area contributed by atoms with Gasteiger partial charge in [-0.3, -0.25) is 0 Å². The van der Waals surface area contributed by atoms with Gasteiger partial charge in [0.2, 0.25) is 0 Å². The molecule has 6 heterocycles. The first kappa shape index (κ1) is 26.7. The third-order valence-electron chi connectivity index (χ3n) is 9.53. The van der Waals surface area contributed by atoms with Crippen molar-refractivity contribution < 1.29 is 9.13 Å². The second-order valence-corrected chi connectivity index (χ2v) is 12.0. The summed E-state index contributed by atoms with van der Waals surface area (Å²) in [5.74, 6) is 1.70. The van der Waals surface area contributed by atoms with Crippen molar-refractivity contribution in [2.75, 3.05) is 31.1 Å². The Bertz CT molecular complexity index is 1800. The summed E-state index contributed by atoms with van der Waals surface area (Å²) in [5, 5.41) is 9.73. The van der Waals surface area contributed by atoms with Gasteiger partial charge in [0.1, 0.15) is 22.8 Å². The number of ether oxygens (including phenoxy) is 1. The molecule has 43 heavy (non-hydrogen) atoms. The molecule has 3 aliphatic rings. The van der Waals surface area contributed by atoms with Crippen LogP contribution in [0.2, 0.25) is 5.02 Å². The SMILES string of the molecule is NC[C@]1(c2ccccc2F)[C@@H]2CCN(c3cnc4c(-c5ccnc(-n6cccn6)c5Cl)nn(C5CCCCO5)c4n3)C[C@@H]21. The Kier molecular flexibility index (Phi) is 6.43. The molecule has 0 bridgehead atoms. The number of pyridine rings is 1. The van der Waals surface area contributed by atoms with Crippen molar-refractivity contribution in [3.63, 3.8) is 0 Å². The van der Waals surface area contributed by atoms with Crippen LogP contribution in [0.15, 0.2) is 61.2 Å². The predicted molar refractivity (Wildman–Crippen MR) is 160 cm³/mol. The Balaban J connectivity index is 1.18. The summed E-state index contributed by atoms with van der Waals surface area (Å²) < 4.78 is 24.6. The van der Waals surface area contributed by atoms with Gasteiger partial charge in [-0.15, -0.1) is 0 Å². The number of nitrogens with zero attached hydrogens (tertiary/aromatic N) is 8. The molecule has 0 spiro atoms. The molecule has 1 aliphatic carbocycles. The van der Waals surface area contributed by atoms with Crippen LogP contribution in [0.4, 0.5) is 10.2 Å². The van der Waals surface area contributed by atoms with E-state index >= 15 is 0 Å². The molecule has 1 unspecified atom stereocenters. The van der Waals surface area contributed by atoms with Gasteiger partial charge in [-0.2, -0.15) is 10.2 Å². The van der Waals surface area contributed by atoms with Crippen molar-refractivity contribution in [1.29, 1.82) is 0 Å². The molecule has 0 radical (unpaired) electrons. The second kappa shape index (κ2) is 10.4. The van der Waals surface area contributed by atoms with Gasteiger partial charge in [-0.1, -0.05) is 29.8 Å². The Labute approximate surface area is 252 Å². The van der Waals surface area contributed by atoms with Gasteiger partial charge in [-0.25, -0.2) is 28.7 Å². The summed E-state index contributed by atoms with van der Waals surface area (Å²) in [4.78, 5) is 16.8. The topological polar surface area (TPSA) is 113 Å². The smallest absolute Gasteiger partial charge is 0.182 e. The van der Waals surface area contributed by atoms with Gasteiger partial charge in [0.15, 0.2) is 17.7 Å². The number of hydrogen-bond donors (Lipinski definition) is 1. The maximum Gasteiger partial charge on any atom is 0.182 e. The molecule has 12 heteroatoms. The maximum atomic E-state index is 14.9. The van der Waals surface area contributed by atoms with E-state index in [9.17, 15) is 4.39 Å². The third-order valence-corrected chi connectivity index (χ3v) is 9.90. The lowest BCUT2D eigenvalue weighted by molar-refractivity contribution is -0.0368. The highest BCUT2D eigenvalue weighted by atomic mass is 35.5. The number of nitrogens with two attached hydrogens (primary N) is 1. The van der Waals surface area contributed by atoms with E-state index in [4.69, 9.17) is 37.1 Å². The van der Waals surface area contributed by atoms with Gasteiger partial charge < -0.3 is 15.4 Å². The first-order valence-electron chi connectivity index (χ1n) is 14.8. The number of aromatic nitrogens is 7. The first-order valence-corrected chi connectivity index (χ1v) is 15.2. The van der Waals surface area contributed by atoms with Gasteiger partial charge in [-0.05, 0) is 61.3 Å². The summed E-state index contributed by atoms with van der Waals surface area (Å²) >= 11 is 6.91. The lowest BCUT2D eigenvalue weighted by Gasteiger charge is -2.27. The molecule has 2 saturated heterocycles. The highest BCUT2D eigenvalue weighted by Gasteiger charge is 2.66. The van der Waals surface area contributed by atoms with Gasteiger partial charge >= 0.3 is 0 Å². The fourth-order valence-electron chi connectivity index (χ4n) is 7.36. The van der Waals surface area contributed by atoms with Crippen molar-refractivity contribution in [3.8, 4) is 17.1 Å². The molecule has 2 N–H and O–H groups in total. The highest BCUT2D eigenvalue weighted by molar-refractivity contribution is 6.35. The summed E-state index contributed by atoms with van der Waals surface area (Å²) in [7, 11) is 0. The van der Waals surface area contributed by atoms with Crippen molar-refractivity contribution in [1.82, 2.24) is 34.5 Å². The standard InChI is InChI=1S/C31H31ClFN9O/c32-26-19(9-12-35-29(26)41-13-5-11-37-41)27-28-30(42(39-27)25-8-3-4-15-43-25)38-24(16-36-28)40-14-10-20-22(17-40)31(20,18-34)21-6-1-2-7-23(21)33/h1-2,5-7,9,11-13,16,20,22,25H,3-4,8,10,14-15,17-18,34H2/t20-,22+,25?,31-/m1/s1. The lowest BCUT2D eigenvalue weighted by atomic mass is 9.91. The number of anilines is 1. The number of rotatable bonds is 6. The first-order chi connectivity index (χ1) is 21.1. The van der Waals surface area contributed by atoms with E-state index in [1.54, 1.807) is 35.5 Å². The van der Waals surface area contributed by atoms with Crippen molar-refractivity contribution in [3.05, 3.63) is 77.6 Å². The van der Waals surface area contributed by atoms with Crippen LogP contribution in [0.1, 0.15) is 37.5 Å². The van der Waals surface area contributed by atoms with E-state index in [1.165, 1.54) is 6.07 Å². The zero-order valence-corrected chi connectivity index (χ0v) is 24.2. The number of halogens is 2. The number of hydrogen-bond acceptors (Lipinski definition) is 8. The molecule has 1 saturated carbocycles. The molecule has 3 fully saturated rings. The molecule has 1 aromatic carbocycles. The minimum absolute atomic E-state index is 0.176. The zero-order valence-electron chi connectivity index (χ0n) is 23.5. The predicted octanol–water partition coefficient (Wildman–Crippen LogP) is 4.92. The van der Waals surface area contributed by atoms with Crippen LogP contribution in [0.3, 0.4) is 0 Å². The molecular weight excluding hydrogens is 569 g/mol. The van der Waals surface area contributed by atoms with Crippen molar-refractivity contribution >= 4 is 28.6 Å². The Morgan fingerprint density at radius 3 is 2.77 bits per heavy atom. The van der Waals surface area contributed by atoms with Crippen molar-refractivity contribution in [2.45, 2.75) is 37.3 Å². The highest BCUT2D eigenvalue weighted by Crippen LogP contribution is 2.63. The van der Waals surface area contributed by atoms with Gasteiger partial charge in [0, 0.05) is 55.8 Å². The van der Waals surface area contributed by atoms with Crippen LogP contribution < -0.4 is 10.6 Å². The number of fused-ring (bicyclic) bond motifs is 2. The van der Waals surface area contributed by atoms with E-state index in [0.717, 1.165) is 50.2 Å². The average Bonchev–Trinajstić information content (AvgIpc) is 3.34. The molecule has 4 atom stereocenters. The Hall–Kier alpha value is -3.93. The third kappa shape index (κ3) is 4.16. The van der Waals surface area contributed by atoms with E-state index in [2.05, 4.69) is 15.0 Å². The summed E-state index contributed by atoms with van der Waals surface area (Å²) in [6.45, 7) is 2.62. The molecule has 10 nitrogen and oxygen atoms in total. The Morgan fingerprint density at radius 1 is 1.07 bits per heavy atom. The van der Waals surface area contributed by atoms with Gasteiger partial charge in [0.25, 0.3) is 0 Å². The normalized spacial score (nSPS) is 25.2. The molecule has 5 aromatic rings. The van der Waals surface area contributed by atoms with E-state index < -0.39 is 0 Å². The fourth-order valence-corrected chi connectivity index (χ4v) is 7.64. The second-order valence-electron chi connectivity index (χ2n) is 11.6.